The Morgan fingerprint density at radius 2 is 2.21 bits per heavy atom. The predicted octanol–water partition coefficient (Wildman–Crippen LogP) is 1.16. The first kappa shape index (κ1) is 13.2. The molecule has 0 aliphatic carbocycles. The van der Waals surface area contributed by atoms with Crippen LogP contribution in [0.2, 0.25) is 0 Å². The number of hydrogen-bond acceptors (Lipinski definition) is 3. The maximum absolute atomic E-state index is 12.0. The number of likely N-dealkylation sites (N-methyl/N-ethyl adjacent to an activating group) is 1. The Morgan fingerprint density at radius 3 is 2.89 bits per heavy atom. The Morgan fingerprint density at radius 1 is 1.47 bits per heavy atom. The minimum absolute atomic E-state index is 0.0241. The third-order valence-electron chi connectivity index (χ3n) is 3.29. The summed E-state index contributed by atoms with van der Waals surface area (Å²) in [5, 5.41) is 8.81. The van der Waals surface area contributed by atoms with E-state index in [4.69, 9.17) is 10.8 Å². The monoisotopic (exact) mass is 263 g/mol. The summed E-state index contributed by atoms with van der Waals surface area (Å²) in [5.74, 6) is 0.0241. The third-order valence-corrected chi connectivity index (χ3v) is 3.29. The Kier molecular flexibility index (Phi) is 3.59. The van der Waals surface area contributed by atoms with Crippen LogP contribution in [0.4, 0.5) is 16.2 Å². The van der Waals surface area contributed by atoms with Gasteiger partial charge in [0.1, 0.15) is 0 Å². The van der Waals surface area contributed by atoms with Gasteiger partial charge >= 0.3 is 6.09 Å². The van der Waals surface area contributed by atoms with Gasteiger partial charge in [-0.2, -0.15) is 0 Å². The van der Waals surface area contributed by atoms with Gasteiger partial charge in [0.05, 0.1) is 0 Å². The van der Waals surface area contributed by atoms with Crippen LogP contribution in [0.15, 0.2) is 18.2 Å². The largest absolute Gasteiger partial charge is 0.465 e. The van der Waals surface area contributed by atoms with Crippen molar-refractivity contribution in [3.63, 3.8) is 0 Å². The zero-order valence-electron chi connectivity index (χ0n) is 10.8. The Bertz CT molecular complexity index is 516. The standard InChI is InChI=1S/C13H17N3O3/c1-15(13(18)19)6-7-16-11-4-3-10(14)8-9(11)2-5-12(16)17/h3-4,8H,2,5-7,14H2,1H3,(H,18,19). The van der Waals surface area contributed by atoms with Gasteiger partial charge in [-0.15, -0.1) is 0 Å². The molecule has 19 heavy (non-hydrogen) atoms. The first-order chi connectivity index (χ1) is 8.99. The van der Waals surface area contributed by atoms with Crippen molar-refractivity contribution >= 4 is 23.4 Å². The second-order valence-corrected chi connectivity index (χ2v) is 4.64. The number of carboxylic acid groups (broad SMARTS) is 1. The molecular formula is C13H17N3O3. The van der Waals surface area contributed by atoms with Gasteiger partial charge < -0.3 is 20.6 Å². The molecule has 0 radical (unpaired) electrons. The number of nitrogens with two attached hydrogens (primary N) is 1. The number of carbonyl (C=O) groups excluding carboxylic acids is 1. The van der Waals surface area contributed by atoms with Crippen LogP contribution in [0.3, 0.4) is 0 Å². The fourth-order valence-corrected chi connectivity index (χ4v) is 2.17. The minimum Gasteiger partial charge on any atom is -0.465 e. The molecule has 102 valence electrons. The second kappa shape index (κ2) is 5.17. The lowest BCUT2D eigenvalue weighted by molar-refractivity contribution is -0.118. The van der Waals surface area contributed by atoms with E-state index in [1.807, 2.05) is 12.1 Å². The summed E-state index contributed by atoms with van der Waals surface area (Å²) in [6.07, 6.45) is 0.125. The van der Waals surface area contributed by atoms with E-state index in [2.05, 4.69) is 0 Å². The molecule has 0 unspecified atom stereocenters. The van der Waals surface area contributed by atoms with Crippen molar-refractivity contribution in [1.29, 1.82) is 0 Å². The molecule has 0 atom stereocenters. The number of amides is 2. The summed E-state index contributed by atoms with van der Waals surface area (Å²) in [6.45, 7) is 0.642. The van der Waals surface area contributed by atoms with E-state index in [-0.39, 0.29) is 12.5 Å². The number of anilines is 2. The van der Waals surface area contributed by atoms with E-state index >= 15 is 0 Å². The van der Waals surface area contributed by atoms with Gasteiger partial charge in [-0.1, -0.05) is 0 Å². The fraction of sp³-hybridized carbons (Fsp3) is 0.385. The Labute approximate surface area is 111 Å². The van der Waals surface area contributed by atoms with Crippen molar-refractivity contribution in [3.05, 3.63) is 23.8 Å². The highest BCUT2D eigenvalue weighted by molar-refractivity contribution is 5.96. The average molecular weight is 263 g/mol. The smallest absolute Gasteiger partial charge is 0.407 e. The van der Waals surface area contributed by atoms with Crippen LogP contribution in [-0.2, 0) is 11.2 Å². The molecule has 1 heterocycles. The molecule has 2 amide bonds. The Balaban J connectivity index is 2.16. The number of aryl methyl sites for hydroxylation is 1. The molecule has 0 fully saturated rings. The summed E-state index contributed by atoms with van der Waals surface area (Å²) in [5.41, 5.74) is 8.29. The molecular weight excluding hydrogens is 246 g/mol. The maximum Gasteiger partial charge on any atom is 0.407 e. The predicted molar refractivity (Wildman–Crippen MR) is 72.2 cm³/mol. The van der Waals surface area contributed by atoms with E-state index in [1.165, 1.54) is 11.9 Å². The molecule has 1 aromatic rings. The molecule has 3 N–H and O–H groups in total. The number of nitrogen functional groups attached to an aromatic ring is 1. The van der Waals surface area contributed by atoms with Crippen LogP contribution in [-0.4, -0.2) is 42.1 Å². The summed E-state index contributed by atoms with van der Waals surface area (Å²) in [7, 11) is 1.49. The van der Waals surface area contributed by atoms with Gasteiger partial charge in [-0.3, -0.25) is 4.79 Å². The molecule has 0 spiro atoms. The lowest BCUT2D eigenvalue weighted by Crippen LogP contribution is -2.41. The number of benzene rings is 1. The minimum atomic E-state index is -0.998. The quantitative estimate of drug-likeness (QED) is 0.801. The average Bonchev–Trinajstić information content (AvgIpc) is 2.37. The van der Waals surface area contributed by atoms with Crippen LogP contribution >= 0.6 is 0 Å². The van der Waals surface area contributed by atoms with E-state index in [0.29, 0.717) is 25.1 Å². The van der Waals surface area contributed by atoms with E-state index < -0.39 is 6.09 Å². The lowest BCUT2D eigenvalue weighted by Gasteiger charge is -2.30. The first-order valence-corrected chi connectivity index (χ1v) is 6.12. The number of fused-ring (bicyclic) bond motifs is 1. The van der Waals surface area contributed by atoms with Gasteiger partial charge in [-0.05, 0) is 30.2 Å². The zero-order valence-corrected chi connectivity index (χ0v) is 10.8. The van der Waals surface area contributed by atoms with Gasteiger partial charge in [0.15, 0.2) is 0 Å². The van der Waals surface area contributed by atoms with Crippen molar-refractivity contribution in [2.24, 2.45) is 0 Å². The van der Waals surface area contributed by atoms with Crippen LogP contribution in [0, 0.1) is 0 Å². The SMILES string of the molecule is CN(CCN1C(=O)CCc2cc(N)ccc21)C(=O)O. The summed E-state index contributed by atoms with van der Waals surface area (Å²) in [4.78, 5) is 25.5. The molecule has 0 saturated heterocycles. The van der Waals surface area contributed by atoms with Crippen molar-refractivity contribution in [2.75, 3.05) is 30.8 Å². The van der Waals surface area contributed by atoms with Crippen LogP contribution in [0.5, 0.6) is 0 Å². The van der Waals surface area contributed by atoms with Crippen molar-refractivity contribution in [2.45, 2.75) is 12.8 Å². The van der Waals surface area contributed by atoms with Gasteiger partial charge in [0, 0.05) is 37.9 Å². The van der Waals surface area contributed by atoms with Crippen molar-refractivity contribution < 1.29 is 14.7 Å². The molecule has 0 aromatic heterocycles. The highest BCUT2D eigenvalue weighted by atomic mass is 16.4. The second-order valence-electron chi connectivity index (χ2n) is 4.64. The third kappa shape index (κ3) is 2.78. The van der Waals surface area contributed by atoms with Crippen molar-refractivity contribution in [1.82, 2.24) is 4.90 Å². The zero-order chi connectivity index (χ0) is 14.0. The molecule has 0 bridgehead atoms. The molecule has 2 rings (SSSR count). The van der Waals surface area contributed by atoms with Crippen molar-refractivity contribution in [3.8, 4) is 0 Å². The molecule has 1 aliphatic rings. The number of rotatable bonds is 3. The Hall–Kier alpha value is -2.24. The lowest BCUT2D eigenvalue weighted by atomic mass is 10.0. The fourth-order valence-electron chi connectivity index (χ4n) is 2.17. The number of nitrogens with zero attached hydrogens (tertiary/aromatic N) is 2. The topological polar surface area (TPSA) is 86.9 Å². The molecule has 1 aliphatic heterocycles. The van der Waals surface area contributed by atoms with E-state index in [0.717, 1.165) is 11.3 Å². The van der Waals surface area contributed by atoms with E-state index in [1.54, 1.807) is 11.0 Å². The number of carbonyl (C=O) groups is 2. The van der Waals surface area contributed by atoms with Crippen LogP contribution in [0.1, 0.15) is 12.0 Å². The normalized spacial score (nSPS) is 14.2. The highest BCUT2D eigenvalue weighted by Crippen LogP contribution is 2.29. The van der Waals surface area contributed by atoms with Crippen LogP contribution < -0.4 is 10.6 Å². The molecule has 0 saturated carbocycles. The number of hydrogen-bond donors (Lipinski definition) is 2. The highest BCUT2D eigenvalue weighted by Gasteiger charge is 2.24. The van der Waals surface area contributed by atoms with Crippen LogP contribution in [0.25, 0.3) is 0 Å². The molecule has 6 heteroatoms. The van der Waals surface area contributed by atoms with Gasteiger partial charge in [0.25, 0.3) is 0 Å². The summed E-state index contributed by atoms with van der Waals surface area (Å²) >= 11 is 0. The van der Waals surface area contributed by atoms with Gasteiger partial charge in [-0.25, -0.2) is 4.79 Å². The van der Waals surface area contributed by atoms with Gasteiger partial charge in [0.2, 0.25) is 5.91 Å². The maximum atomic E-state index is 12.0. The first-order valence-electron chi connectivity index (χ1n) is 6.12. The molecule has 6 nitrogen and oxygen atoms in total. The molecule has 1 aromatic carbocycles. The summed E-state index contributed by atoms with van der Waals surface area (Å²) in [6, 6.07) is 5.45. The van der Waals surface area contributed by atoms with E-state index in [9.17, 15) is 9.59 Å². The summed E-state index contributed by atoms with van der Waals surface area (Å²) < 4.78 is 0.